The van der Waals surface area contributed by atoms with Crippen LogP contribution in [0.1, 0.15) is 84.0 Å². The number of ether oxygens (including phenoxy) is 2. The number of hydrogen-bond donors (Lipinski definition) is 2. The van der Waals surface area contributed by atoms with Crippen molar-refractivity contribution in [3.05, 3.63) is 17.7 Å². The highest BCUT2D eigenvalue weighted by Crippen LogP contribution is 2.26. The summed E-state index contributed by atoms with van der Waals surface area (Å²) in [5, 5.41) is 7.02. The summed E-state index contributed by atoms with van der Waals surface area (Å²) in [5.74, 6) is 2.29. The maximum atomic E-state index is 5.61. The van der Waals surface area contributed by atoms with E-state index in [4.69, 9.17) is 9.47 Å². The lowest BCUT2D eigenvalue weighted by molar-refractivity contribution is 0.0656. The molecular weight excluding hydrogens is 386 g/mol. The van der Waals surface area contributed by atoms with Gasteiger partial charge in [-0.3, -0.25) is 5.32 Å². The molecular formula is C26H49N3O2. The molecule has 0 amide bonds. The second-order valence-corrected chi connectivity index (χ2v) is 9.66. The molecule has 3 atom stereocenters. The number of unbranched alkanes of at least 4 members (excludes halogenated alkanes) is 1. The first-order valence-corrected chi connectivity index (χ1v) is 12.9. The quantitative estimate of drug-likeness (QED) is 0.173. The Bertz CT molecular complexity index is 527. The van der Waals surface area contributed by atoms with Crippen LogP contribution in [0.2, 0.25) is 0 Å². The summed E-state index contributed by atoms with van der Waals surface area (Å²) in [6.45, 7) is 5.46. The molecule has 0 bridgehead atoms. The first-order chi connectivity index (χ1) is 15.1. The van der Waals surface area contributed by atoms with Crippen molar-refractivity contribution in [2.75, 3.05) is 40.9 Å². The largest absolute Gasteiger partial charge is 0.477 e. The van der Waals surface area contributed by atoms with Crippen LogP contribution in [0, 0.1) is 11.8 Å². The lowest BCUT2D eigenvalue weighted by Crippen LogP contribution is -2.37. The molecule has 31 heavy (non-hydrogen) atoms. The molecule has 2 rings (SSSR count). The molecule has 2 fully saturated rings. The zero-order valence-electron chi connectivity index (χ0n) is 20.8. The Hall–Kier alpha value is -1.00. The Morgan fingerprint density at radius 3 is 2.61 bits per heavy atom. The van der Waals surface area contributed by atoms with E-state index in [0.29, 0.717) is 12.0 Å². The predicted octanol–water partition coefficient (Wildman–Crippen LogP) is 5.04. The second-order valence-electron chi connectivity index (χ2n) is 9.66. The van der Waals surface area contributed by atoms with Crippen molar-refractivity contribution in [2.45, 2.75) is 96.2 Å². The number of rotatable bonds is 14. The smallest absolute Gasteiger partial charge is 0.232 e. The molecule has 0 aromatic rings. The molecule has 3 unspecified atom stereocenters. The van der Waals surface area contributed by atoms with E-state index >= 15 is 0 Å². The van der Waals surface area contributed by atoms with E-state index in [1.165, 1.54) is 83.7 Å². The van der Waals surface area contributed by atoms with Crippen molar-refractivity contribution in [2.24, 2.45) is 11.8 Å². The van der Waals surface area contributed by atoms with Gasteiger partial charge in [0.1, 0.15) is 6.23 Å². The van der Waals surface area contributed by atoms with Crippen LogP contribution in [0.5, 0.6) is 0 Å². The van der Waals surface area contributed by atoms with Gasteiger partial charge in [-0.1, -0.05) is 38.3 Å². The summed E-state index contributed by atoms with van der Waals surface area (Å²) in [7, 11) is 5.84. The van der Waals surface area contributed by atoms with Crippen molar-refractivity contribution in [3.63, 3.8) is 0 Å². The molecule has 5 heteroatoms. The van der Waals surface area contributed by atoms with Crippen LogP contribution in [-0.2, 0) is 9.47 Å². The fourth-order valence-corrected chi connectivity index (χ4v) is 5.20. The van der Waals surface area contributed by atoms with E-state index in [2.05, 4.69) is 41.3 Å². The maximum Gasteiger partial charge on any atom is 0.232 e. The Kier molecular flexibility index (Phi) is 13.3. The molecule has 2 saturated carbocycles. The van der Waals surface area contributed by atoms with Crippen LogP contribution < -0.4 is 10.6 Å². The number of methoxy groups -OCH3 is 2. The van der Waals surface area contributed by atoms with E-state index in [0.717, 1.165) is 24.8 Å². The average molecular weight is 436 g/mol. The molecule has 2 aliphatic carbocycles. The normalized spacial score (nSPS) is 23.3. The Labute approximate surface area is 192 Å². The first kappa shape index (κ1) is 26.3. The maximum absolute atomic E-state index is 5.61. The fraction of sp³-hybridized carbons (Fsp3) is 0.885. The zero-order chi connectivity index (χ0) is 22.3. The highest BCUT2D eigenvalue weighted by molar-refractivity contribution is 4.98. The van der Waals surface area contributed by atoms with Crippen LogP contribution >= 0.6 is 0 Å². The lowest BCUT2D eigenvalue weighted by Gasteiger charge is -2.32. The minimum Gasteiger partial charge on any atom is -0.477 e. The molecule has 2 N–H and O–H groups in total. The average Bonchev–Trinajstić information content (AvgIpc) is 2.79. The van der Waals surface area contributed by atoms with Crippen LogP contribution in [0.3, 0.4) is 0 Å². The van der Waals surface area contributed by atoms with Gasteiger partial charge in [-0.25, -0.2) is 0 Å². The summed E-state index contributed by atoms with van der Waals surface area (Å²) in [6.07, 6.45) is 17.8. The van der Waals surface area contributed by atoms with Crippen molar-refractivity contribution < 1.29 is 9.47 Å². The molecule has 5 nitrogen and oxygen atoms in total. The molecule has 0 radical (unpaired) electrons. The molecule has 180 valence electrons. The number of nitrogens with one attached hydrogen (secondary N) is 2. The Morgan fingerprint density at radius 2 is 1.90 bits per heavy atom. The highest BCUT2D eigenvalue weighted by atomic mass is 16.5. The van der Waals surface area contributed by atoms with Gasteiger partial charge in [0.15, 0.2) is 0 Å². The van der Waals surface area contributed by atoms with Crippen LogP contribution in [0.25, 0.3) is 0 Å². The first-order valence-electron chi connectivity index (χ1n) is 12.9. The summed E-state index contributed by atoms with van der Waals surface area (Å²) < 4.78 is 11.1. The molecule has 0 spiro atoms. The van der Waals surface area contributed by atoms with Crippen molar-refractivity contribution in [3.8, 4) is 0 Å². The molecule has 0 heterocycles. The third kappa shape index (κ3) is 10.9. The second kappa shape index (κ2) is 15.7. The summed E-state index contributed by atoms with van der Waals surface area (Å²) in [4.78, 5) is 2.53. The van der Waals surface area contributed by atoms with Gasteiger partial charge in [-0.15, -0.1) is 0 Å². The van der Waals surface area contributed by atoms with Crippen molar-refractivity contribution >= 4 is 0 Å². The molecule has 0 aliphatic heterocycles. The van der Waals surface area contributed by atoms with Gasteiger partial charge < -0.3 is 19.7 Å². The summed E-state index contributed by atoms with van der Waals surface area (Å²) >= 11 is 0. The van der Waals surface area contributed by atoms with Crippen LogP contribution in [0.4, 0.5) is 0 Å². The highest BCUT2D eigenvalue weighted by Gasteiger charge is 2.23. The fourth-order valence-electron chi connectivity index (χ4n) is 5.20. The lowest BCUT2D eigenvalue weighted by atomic mass is 9.85. The predicted molar refractivity (Wildman–Crippen MR) is 130 cm³/mol. The molecule has 2 aliphatic rings. The van der Waals surface area contributed by atoms with Gasteiger partial charge in [-0.2, -0.15) is 0 Å². The monoisotopic (exact) mass is 435 g/mol. The number of allylic oxidation sites excluding steroid dienone is 1. The summed E-state index contributed by atoms with van der Waals surface area (Å²) in [5.41, 5.74) is 3.43. The van der Waals surface area contributed by atoms with Gasteiger partial charge >= 0.3 is 0 Å². The minimum atomic E-state index is 0.204. The molecule has 0 aromatic carbocycles. The summed E-state index contributed by atoms with van der Waals surface area (Å²) in [6, 6.07) is 0.511. The van der Waals surface area contributed by atoms with E-state index in [1.807, 2.05) is 0 Å². The Balaban J connectivity index is 1.70. The molecule has 0 aromatic heterocycles. The van der Waals surface area contributed by atoms with E-state index in [1.54, 1.807) is 14.2 Å². The van der Waals surface area contributed by atoms with Crippen molar-refractivity contribution in [1.82, 2.24) is 15.5 Å². The van der Waals surface area contributed by atoms with Gasteiger partial charge in [0, 0.05) is 19.7 Å². The Morgan fingerprint density at radius 1 is 1.10 bits per heavy atom. The number of hydrogen-bond acceptors (Lipinski definition) is 5. The van der Waals surface area contributed by atoms with Gasteiger partial charge in [0.25, 0.3) is 0 Å². The van der Waals surface area contributed by atoms with E-state index in [-0.39, 0.29) is 6.23 Å². The SMILES string of the molecule is CCNC(CCCCN(C)CC1CCCC(NC(=C=CC2CCCCC2)OC)C1)OC. The van der Waals surface area contributed by atoms with Gasteiger partial charge in [0.2, 0.25) is 5.88 Å². The standard InChI is InChI=1S/C26H49N3O2/c1-5-27-25(30-3)16-9-10-19-29(2)21-23-14-11-15-24(20-23)28-26(31-4)18-17-22-12-7-6-8-13-22/h17,22-25,27-28H,5-16,19-21H2,1-4H3. The topological polar surface area (TPSA) is 45.8 Å². The van der Waals surface area contributed by atoms with Gasteiger partial charge in [-0.05, 0) is 89.4 Å². The third-order valence-corrected chi connectivity index (χ3v) is 6.96. The van der Waals surface area contributed by atoms with Crippen molar-refractivity contribution in [1.29, 1.82) is 0 Å². The minimum absolute atomic E-state index is 0.204. The van der Waals surface area contributed by atoms with Crippen LogP contribution in [-0.4, -0.2) is 58.1 Å². The van der Waals surface area contributed by atoms with E-state index in [9.17, 15) is 0 Å². The molecule has 0 saturated heterocycles. The zero-order valence-corrected chi connectivity index (χ0v) is 20.8. The van der Waals surface area contributed by atoms with E-state index < -0.39 is 0 Å². The number of nitrogens with zero attached hydrogens (tertiary/aromatic N) is 1. The third-order valence-electron chi connectivity index (χ3n) is 6.96. The van der Waals surface area contributed by atoms with Gasteiger partial charge in [0.05, 0.1) is 7.11 Å². The van der Waals surface area contributed by atoms with Crippen LogP contribution in [0.15, 0.2) is 17.7 Å².